The molecule has 7 heteroatoms. The molecule has 1 amide bonds. The molecule has 2 heterocycles. The van der Waals surface area contributed by atoms with Crippen LogP contribution in [0, 0.1) is 5.92 Å². The largest absolute Gasteiger partial charge is 0.416 e. The summed E-state index contributed by atoms with van der Waals surface area (Å²) in [5.74, 6) is 0.348. The molecule has 1 aliphatic rings. The second kappa shape index (κ2) is 8.59. The lowest BCUT2D eigenvalue weighted by Gasteiger charge is -2.33. The highest BCUT2D eigenvalue weighted by Gasteiger charge is 2.33. The molecule has 1 aliphatic heterocycles. The third kappa shape index (κ3) is 5.34. The van der Waals surface area contributed by atoms with E-state index >= 15 is 0 Å². The van der Waals surface area contributed by atoms with Crippen LogP contribution in [0.2, 0.25) is 0 Å². The molecule has 1 fully saturated rings. The number of benzene rings is 1. The van der Waals surface area contributed by atoms with Gasteiger partial charge in [-0.05, 0) is 43.2 Å². The molecule has 1 saturated heterocycles. The fourth-order valence-electron chi connectivity index (χ4n) is 3.70. The van der Waals surface area contributed by atoms with Crippen molar-refractivity contribution in [1.82, 2.24) is 14.5 Å². The van der Waals surface area contributed by atoms with Gasteiger partial charge in [0, 0.05) is 38.4 Å². The number of aromatic nitrogens is 2. The van der Waals surface area contributed by atoms with E-state index in [0.717, 1.165) is 25.5 Å². The Hall–Kier alpha value is -2.31. The number of carbonyl (C=O) groups is 1. The maximum atomic E-state index is 13.1. The minimum atomic E-state index is -4.32. The molecule has 0 saturated carbocycles. The molecule has 1 atom stereocenters. The average Bonchev–Trinajstić information content (AvgIpc) is 3.18. The highest BCUT2D eigenvalue weighted by molar-refractivity contribution is 5.76. The van der Waals surface area contributed by atoms with E-state index in [1.165, 1.54) is 6.07 Å². The number of rotatable bonds is 6. The van der Waals surface area contributed by atoms with Gasteiger partial charge in [0.2, 0.25) is 5.91 Å². The summed E-state index contributed by atoms with van der Waals surface area (Å²) in [5.41, 5.74) is -0.206. The molecule has 1 aromatic heterocycles. The molecule has 1 aromatic carbocycles. The summed E-state index contributed by atoms with van der Waals surface area (Å²) in [5, 5.41) is 0. The highest BCUT2D eigenvalue weighted by atomic mass is 19.4. The summed E-state index contributed by atoms with van der Waals surface area (Å²) in [7, 11) is 0. The van der Waals surface area contributed by atoms with Crippen molar-refractivity contribution in [3.05, 3.63) is 54.1 Å². The lowest BCUT2D eigenvalue weighted by atomic mass is 9.90. The molecule has 0 bridgehead atoms. The zero-order valence-corrected chi connectivity index (χ0v) is 15.2. The van der Waals surface area contributed by atoms with Gasteiger partial charge in [-0.3, -0.25) is 4.79 Å². The van der Waals surface area contributed by atoms with Gasteiger partial charge in [-0.25, -0.2) is 4.98 Å². The van der Waals surface area contributed by atoms with Crippen molar-refractivity contribution >= 4 is 5.91 Å². The normalized spacial score (nSPS) is 17.9. The minimum absolute atomic E-state index is 0.101. The van der Waals surface area contributed by atoms with Gasteiger partial charge in [-0.1, -0.05) is 18.2 Å². The maximum absolute atomic E-state index is 13.1. The van der Waals surface area contributed by atoms with Crippen LogP contribution in [0.4, 0.5) is 13.2 Å². The van der Waals surface area contributed by atoms with Crippen LogP contribution in [0.5, 0.6) is 0 Å². The first-order valence-corrected chi connectivity index (χ1v) is 9.32. The molecule has 2 aromatic rings. The highest BCUT2D eigenvalue weighted by Crippen LogP contribution is 2.33. The Balaban J connectivity index is 1.52. The number of hydrogen-bond donors (Lipinski definition) is 0. The van der Waals surface area contributed by atoms with E-state index in [4.69, 9.17) is 0 Å². The Morgan fingerprint density at radius 2 is 2.07 bits per heavy atom. The van der Waals surface area contributed by atoms with Crippen LogP contribution in [-0.4, -0.2) is 33.4 Å². The molecular weight excluding hydrogens is 355 g/mol. The SMILES string of the molecule is O=C(CCn1ccnc1)N1CCC[C@H](CCc2ccccc2C(F)(F)F)C1. The van der Waals surface area contributed by atoms with Crippen LogP contribution < -0.4 is 0 Å². The molecule has 0 unspecified atom stereocenters. The van der Waals surface area contributed by atoms with E-state index in [1.54, 1.807) is 24.7 Å². The van der Waals surface area contributed by atoms with E-state index in [0.29, 0.717) is 37.9 Å². The Bertz CT molecular complexity index is 743. The first-order chi connectivity index (χ1) is 12.9. The molecular formula is C20H24F3N3O. The van der Waals surface area contributed by atoms with Crippen molar-refractivity contribution in [1.29, 1.82) is 0 Å². The summed E-state index contributed by atoms with van der Waals surface area (Å²) in [4.78, 5) is 18.3. The lowest BCUT2D eigenvalue weighted by molar-refractivity contribution is -0.138. The van der Waals surface area contributed by atoms with E-state index in [-0.39, 0.29) is 11.8 Å². The Labute approximate surface area is 157 Å². The molecule has 4 nitrogen and oxygen atoms in total. The Morgan fingerprint density at radius 1 is 1.26 bits per heavy atom. The average molecular weight is 379 g/mol. The zero-order valence-electron chi connectivity index (χ0n) is 15.2. The standard InChI is InChI=1S/C20H24F3N3O/c21-20(22,23)18-6-2-1-5-17(18)8-7-16-4-3-11-26(14-16)19(27)9-12-25-13-10-24-15-25/h1-2,5-6,10,13,15-16H,3-4,7-9,11-12,14H2/t16-/m1/s1. The van der Waals surface area contributed by atoms with E-state index < -0.39 is 11.7 Å². The van der Waals surface area contributed by atoms with E-state index in [2.05, 4.69) is 4.98 Å². The molecule has 0 spiro atoms. The van der Waals surface area contributed by atoms with Crippen LogP contribution in [0.15, 0.2) is 43.0 Å². The molecule has 0 radical (unpaired) electrons. The summed E-state index contributed by atoms with van der Waals surface area (Å²) < 4.78 is 41.2. The predicted octanol–water partition coefficient (Wildman–Crippen LogP) is 4.16. The molecule has 146 valence electrons. The topological polar surface area (TPSA) is 38.1 Å². The van der Waals surface area contributed by atoms with Gasteiger partial charge in [0.1, 0.15) is 0 Å². The first-order valence-electron chi connectivity index (χ1n) is 9.32. The van der Waals surface area contributed by atoms with Gasteiger partial charge in [0.15, 0.2) is 0 Å². The summed E-state index contributed by atoms with van der Waals surface area (Å²) >= 11 is 0. The number of alkyl halides is 3. The fourth-order valence-corrected chi connectivity index (χ4v) is 3.70. The van der Waals surface area contributed by atoms with Crippen LogP contribution in [0.1, 0.15) is 36.8 Å². The van der Waals surface area contributed by atoms with Crippen LogP contribution in [0.3, 0.4) is 0 Å². The minimum Gasteiger partial charge on any atom is -0.342 e. The molecule has 0 aliphatic carbocycles. The Kier molecular flexibility index (Phi) is 6.19. The van der Waals surface area contributed by atoms with Gasteiger partial charge in [-0.2, -0.15) is 13.2 Å². The summed E-state index contributed by atoms with van der Waals surface area (Å²) in [6, 6.07) is 5.77. The van der Waals surface area contributed by atoms with Gasteiger partial charge >= 0.3 is 6.18 Å². The van der Waals surface area contributed by atoms with Crippen molar-refractivity contribution in [3.63, 3.8) is 0 Å². The van der Waals surface area contributed by atoms with Crippen molar-refractivity contribution < 1.29 is 18.0 Å². The first kappa shape index (κ1) is 19.5. The number of piperidine rings is 1. The van der Waals surface area contributed by atoms with E-state index in [1.807, 2.05) is 15.7 Å². The summed E-state index contributed by atoms with van der Waals surface area (Å²) in [6.07, 6.45) is 4.20. The van der Waals surface area contributed by atoms with Gasteiger partial charge < -0.3 is 9.47 Å². The molecule has 0 N–H and O–H groups in total. The number of halogens is 3. The molecule has 27 heavy (non-hydrogen) atoms. The van der Waals surface area contributed by atoms with Crippen LogP contribution in [-0.2, 0) is 23.9 Å². The second-order valence-electron chi connectivity index (χ2n) is 7.09. The maximum Gasteiger partial charge on any atom is 0.416 e. The number of aryl methyl sites for hydroxylation is 2. The van der Waals surface area contributed by atoms with E-state index in [9.17, 15) is 18.0 Å². The fraction of sp³-hybridized carbons (Fsp3) is 0.500. The second-order valence-corrected chi connectivity index (χ2v) is 7.09. The van der Waals surface area contributed by atoms with Gasteiger partial charge in [0.05, 0.1) is 11.9 Å². The van der Waals surface area contributed by atoms with Crippen molar-refractivity contribution in [2.45, 2.75) is 44.8 Å². The Morgan fingerprint density at radius 3 is 2.81 bits per heavy atom. The van der Waals surface area contributed by atoms with Gasteiger partial charge in [-0.15, -0.1) is 0 Å². The quantitative estimate of drug-likeness (QED) is 0.756. The van der Waals surface area contributed by atoms with Crippen molar-refractivity contribution in [2.24, 2.45) is 5.92 Å². The number of likely N-dealkylation sites (tertiary alicyclic amines) is 1. The monoisotopic (exact) mass is 379 g/mol. The summed E-state index contributed by atoms with van der Waals surface area (Å²) in [6.45, 7) is 1.97. The number of imidazole rings is 1. The van der Waals surface area contributed by atoms with Crippen molar-refractivity contribution in [3.8, 4) is 0 Å². The number of amides is 1. The van der Waals surface area contributed by atoms with Gasteiger partial charge in [0.25, 0.3) is 0 Å². The molecule has 3 rings (SSSR count). The van der Waals surface area contributed by atoms with Crippen LogP contribution in [0.25, 0.3) is 0 Å². The number of nitrogens with zero attached hydrogens (tertiary/aromatic N) is 3. The number of hydrogen-bond acceptors (Lipinski definition) is 2. The number of carbonyl (C=O) groups excluding carboxylic acids is 1. The third-order valence-electron chi connectivity index (χ3n) is 5.16. The predicted molar refractivity (Wildman–Crippen MR) is 95.9 cm³/mol. The smallest absolute Gasteiger partial charge is 0.342 e. The van der Waals surface area contributed by atoms with Crippen molar-refractivity contribution in [2.75, 3.05) is 13.1 Å². The zero-order chi connectivity index (χ0) is 19.3. The third-order valence-corrected chi connectivity index (χ3v) is 5.16. The van der Waals surface area contributed by atoms with Crippen LogP contribution >= 0.6 is 0 Å². The lowest BCUT2D eigenvalue weighted by Crippen LogP contribution is -2.40.